The summed E-state index contributed by atoms with van der Waals surface area (Å²) in [6.45, 7) is 1.87. The van der Waals surface area contributed by atoms with Crippen molar-refractivity contribution in [3.63, 3.8) is 0 Å². The topological polar surface area (TPSA) is 35.5 Å². The van der Waals surface area contributed by atoms with Crippen molar-refractivity contribution in [3.8, 4) is 5.75 Å². The van der Waals surface area contributed by atoms with E-state index in [0.717, 1.165) is 10.0 Å². The van der Waals surface area contributed by atoms with Gasteiger partial charge in [-0.1, -0.05) is 39.7 Å². The van der Waals surface area contributed by atoms with E-state index in [4.69, 9.17) is 21.1 Å². The van der Waals surface area contributed by atoms with Gasteiger partial charge in [0.15, 0.2) is 6.10 Å². The largest absolute Gasteiger partial charge is 0.479 e. The van der Waals surface area contributed by atoms with Gasteiger partial charge in [0.25, 0.3) is 0 Å². The minimum absolute atomic E-state index is 0.223. The van der Waals surface area contributed by atoms with Crippen molar-refractivity contribution in [1.29, 1.82) is 0 Å². The highest BCUT2D eigenvalue weighted by atomic mass is 79.9. The van der Waals surface area contributed by atoms with Gasteiger partial charge in [-0.15, -0.1) is 0 Å². The zero-order valence-corrected chi connectivity index (χ0v) is 13.7. The number of ether oxygens (including phenoxy) is 2. The molecule has 0 aromatic heterocycles. The van der Waals surface area contributed by atoms with Crippen molar-refractivity contribution < 1.29 is 14.3 Å². The van der Waals surface area contributed by atoms with Gasteiger partial charge in [-0.3, -0.25) is 0 Å². The van der Waals surface area contributed by atoms with Crippen LogP contribution in [0.1, 0.15) is 12.5 Å². The van der Waals surface area contributed by atoms with Gasteiger partial charge in [0.2, 0.25) is 0 Å². The number of rotatable bonds is 5. The SMILES string of the molecule is CC(Oc1ccc(Cl)cc1)C(=O)OCc1ccc(Br)cc1. The molecule has 2 aromatic rings. The van der Waals surface area contributed by atoms with Gasteiger partial charge < -0.3 is 9.47 Å². The fraction of sp³-hybridized carbons (Fsp3) is 0.188. The van der Waals surface area contributed by atoms with E-state index >= 15 is 0 Å². The molecule has 21 heavy (non-hydrogen) atoms. The number of halogens is 2. The molecule has 0 fully saturated rings. The minimum Gasteiger partial charge on any atom is -0.479 e. The average Bonchev–Trinajstić information content (AvgIpc) is 2.48. The molecule has 2 aromatic carbocycles. The van der Waals surface area contributed by atoms with Crippen LogP contribution in [0, 0.1) is 0 Å². The van der Waals surface area contributed by atoms with Crippen LogP contribution >= 0.6 is 27.5 Å². The van der Waals surface area contributed by atoms with Crippen LogP contribution in [0.15, 0.2) is 53.0 Å². The second-order valence-corrected chi connectivity index (χ2v) is 5.80. The highest BCUT2D eigenvalue weighted by Crippen LogP contribution is 2.17. The molecule has 0 aliphatic heterocycles. The van der Waals surface area contributed by atoms with Gasteiger partial charge in [-0.05, 0) is 48.9 Å². The van der Waals surface area contributed by atoms with Gasteiger partial charge in [-0.25, -0.2) is 4.79 Å². The summed E-state index contributed by atoms with van der Waals surface area (Å²) >= 11 is 9.14. The van der Waals surface area contributed by atoms with E-state index in [2.05, 4.69) is 15.9 Å². The highest BCUT2D eigenvalue weighted by Gasteiger charge is 2.16. The summed E-state index contributed by atoms with van der Waals surface area (Å²) in [6, 6.07) is 14.4. The van der Waals surface area contributed by atoms with Crippen LogP contribution in [-0.4, -0.2) is 12.1 Å². The first-order valence-electron chi connectivity index (χ1n) is 6.38. The quantitative estimate of drug-likeness (QED) is 0.722. The molecule has 0 aliphatic carbocycles. The van der Waals surface area contributed by atoms with Gasteiger partial charge in [-0.2, -0.15) is 0 Å². The van der Waals surface area contributed by atoms with Crippen molar-refractivity contribution >= 4 is 33.5 Å². The average molecular weight is 370 g/mol. The van der Waals surface area contributed by atoms with Gasteiger partial charge >= 0.3 is 5.97 Å². The lowest BCUT2D eigenvalue weighted by atomic mass is 10.2. The lowest BCUT2D eigenvalue weighted by molar-refractivity contribution is -0.152. The van der Waals surface area contributed by atoms with Crippen LogP contribution in [0.2, 0.25) is 5.02 Å². The lowest BCUT2D eigenvalue weighted by Crippen LogP contribution is -2.26. The number of esters is 1. The Morgan fingerprint density at radius 2 is 1.76 bits per heavy atom. The summed E-state index contributed by atoms with van der Waals surface area (Å²) in [5, 5.41) is 0.618. The Morgan fingerprint density at radius 3 is 2.38 bits per heavy atom. The first-order chi connectivity index (χ1) is 10.0. The number of carbonyl (C=O) groups excluding carboxylic acids is 1. The van der Waals surface area contributed by atoms with Crippen molar-refractivity contribution in [2.24, 2.45) is 0 Å². The third-order valence-electron chi connectivity index (χ3n) is 2.75. The Balaban J connectivity index is 1.84. The second kappa shape index (κ2) is 7.48. The molecule has 0 bridgehead atoms. The third kappa shape index (κ3) is 5.06. The molecule has 5 heteroatoms. The van der Waals surface area contributed by atoms with Crippen molar-refractivity contribution in [2.75, 3.05) is 0 Å². The van der Waals surface area contributed by atoms with Crippen LogP contribution in [0.5, 0.6) is 5.75 Å². The molecule has 0 saturated carbocycles. The number of benzene rings is 2. The normalized spacial score (nSPS) is 11.8. The zero-order chi connectivity index (χ0) is 15.2. The van der Waals surface area contributed by atoms with E-state index < -0.39 is 12.1 Å². The molecule has 0 amide bonds. The van der Waals surface area contributed by atoms with E-state index in [1.807, 2.05) is 24.3 Å². The first kappa shape index (κ1) is 15.9. The van der Waals surface area contributed by atoms with E-state index in [9.17, 15) is 4.79 Å². The molecule has 0 saturated heterocycles. The van der Waals surface area contributed by atoms with Crippen LogP contribution in [0.4, 0.5) is 0 Å². The van der Waals surface area contributed by atoms with Crippen LogP contribution in [0.25, 0.3) is 0 Å². The summed E-state index contributed by atoms with van der Waals surface area (Å²) in [6.07, 6.45) is -0.679. The Morgan fingerprint density at radius 1 is 1.14 bits per heavy atom. The molecule has 0 spiro atoms. The molecule has 110 valence electrons. The predicted octanol–water partition coefficient (Wildman–Crippen LogP) is 4.61. The van der Waals surface area contributed by atoms with Gasteiger partial charge in [0, 0.05) is 9.50 Å². The standard InChI is InChI=1S/C16H14BrClO3/c1-11(21-15-8-6-14(18)7-9-15)16(19)20-10-12-2-4-13(17)5-3-12/h2-9,11H,10H2,1H3. The molecule has 0 radical (unpaired) electrons. The fourth-order valence-electron chi connectivity index (χ4n) is 1.62. The van der Waals surface area contributed by atoms with Crippen molar-refractivity contribution in [1.82, 2.24) is 0 Å². The lowest BCUT2D eigenvalue weighted by Gasteiger charge is -2.14. The zero-order valence-electron chi connectivity index (χ0n) is 11.4. The highest BCUT2D eigenvalue weighted by molar-refractivity contribution is 9.10. The summed E-state index contributed by atoms with van der Waals surface area (Å²) in [5.41, 5.74) is 0.922. The molecule has 0 aliphatic rings. The van der Waals surface area contributed by atoms with Gasteiger partial charge in [0.05, 0.1) is 0 Å². The van der Waals surface area contributed by atoms with Crippen molar-refractivity contribution in [3.05, 3.63) is 63.6 Å². The number of hydrogen-bond acceptors (Lipinski definition) is 3. The van der Waals surface area contributed by atoms with Crippen LogP contribution < -0.4 is 4.74 Å². The Kier molecular flexibility index (Phi) is 5.65. The third-order valence-corrected chi connectivity index (χ3v) is 3.53. The summed E-state index contributed by atoms with van der Waals surface area (Å²) in [5.74, 6) is 0.167. The summed E-state index contributed by atoms with van der Waals surface area (Å²) < 4.78 is 11.7. The Bertz CT molecular complexity index is 596. The fourth-order valence-corrected chi connectivity index (χ4v) is 2.01. The van der Waals surface area contributed by atoms with E-state index in [1.165, 1.54) is 0 Å². The van der Waals surface area contributed by atoms with Crippen LogP contribution in [0.3, 0.4) is 0 Å². The van der Waals surface area contributed by atoms with Gasteiger partial charge in [0.1, 0.15) is 12.4 Å². The maximum atomic E-state index is 11.9. The summed E-state index contributed by atoms with van der Waals surface area (Å²) in [4.78, 5) is 11.9. The Hall–Kier alpha value is -1.52. The minimum atomic E-state index is -0.679. The molecular formula is C16H14BrClO3. The summed E-state index contributed by atoms with van der Waals surface area (Å²) in [7, 11) is 0. The van der Waals surface area contributed by atoms with E-state index in [-0.39, 0.29) is 6.61 Å². The van der Waals surface area contributed by atoms with E-state index in [1.54, 1.807) is 31.2 Å². The Labute approximate surface area is 137 Å². The van der Waals surface area contributed by atoms with E-state index in [0.29, 0.717) is 10.8 Å². The smallest absolute Gasteiger partial charge is 0.347 e. The molecule has 1 atom stereocenters. The predicted molar refractivity (Wildman–Crippen MR) is 85.5 cm³/mol. The second-order valence-electron chi connectivity index (χ2n) is 4.45. The number of carbonyl (C=O) groups is 1. The number of hydrogen-bond donors (Lipinski definition) is 0. The molecule has 3 nitrogen and oxygen atoms in total. The molecule has 0 N–H and O–H groups in total. The molecular weight excluding hydrogens is 356 g/mol. The monoisotopic (exact) mass is 368 g/mol. The first-order valence-corrected chi connectivity index (χ1v) is 7.55. The van der Waals surface area contributed by atoms with Crippen LogP contribution in [-0.2, 0) is 16.1 Å². The maximum Gasteiger partial charge on any atom is 0.347 e. The van der Waals surface area contributed by atoms with Crippen molar-refractivity contribution in [2.45, 2.75) is 19.6 Å². The molecule has 1 unspecified atom stereocenters. The maximum absolute atomic E-state index is 11.9. The molecule has 0 heterocycles. The molecule has 2 rings (SSSR count).